The average Bonchev–Trinajstić information content (AvgIpc) is 2.32. The largest absolute Gasteiger partial charge is 0.477 e. The molecule has 0 bridgehead atoms. The number of aromatic carboxylic acids is 1. The van der Waals surface area contributed by atoms with Gasteiger partial charge in [0.25, 0.3) is 5.56 Å². The van der Waals surface area contributed by atoms with Crippen molar-refractivity contribution in [3.8, 4) is 0 Å². The molecule has 0 aromatic carbocycles. The number of hydrogen-bond acceptors (Lipinski definition) is 5. The minimum Gasteiger partial charge on any atom is -0.477 e. The lowest BCUT2D eigenvalue weighted by atomic mass is 10.3. The van der Waals surface area contributed by atoms with Crippen LogP contribution in [0.2, 0.25) is 0 Å². The topological polar surface area (TPSA) is 118 Å². The van der Waals surface area contributed by atoms with E-state index in [4.69, 9.17) is 5.11 Å². The van der Waals surface area contributed by atoms with E-state index in [0.29, 0.717) is 11.5 Å². The molecule has 0 aliphatic carbocycles. The molecule has 8 nitrogen and oxygen atoms in total. The lowest BCUT2D eigenvalue weighted by Gasteiger charge is -2.05. The van der Waals surface area contributed by atoms with E-state index in [1.165, 1.54) is 6.20 Å². The summed E-state index contributed by atoms with van der Waals surface area (Å²) in [5.74, 6) is -0.859. The van der Waals surface area contributed by atoms with E-state index in [1.807, 2.05) is 4.98 Å². The monoisotopic (exact) mass is 262 g/mol. The molecule has 0 atom stereocenters. The second-order valence-corrected chi connectivity index (χ2v) is 3.83. The predicted molar refractivity (Wildman–Crippen MR) is 64.2 cm³/mol. The van der Waals surface area contributed by atoms with Gasteiger partial charge < -0.3 is 5.11 Å². The van der Waals surface area contributed by atoms with Crippen molar-refractivity contribution < 1.29 is 9.90 Å². The Bertz CT molecular complexity index is 747. The van der Waals surface area contributed by atoms with Crippen molar-refractivity contribution in [3.05, 3.63) is 56.4 Å². The summed E-state index contributed by atoms with van der Waals surface area (Å²) in [5, 5.41) is 8.83. The summed E-state index contributed by atoms with van der Waals surface area (Å²) in [7, 11) is 0. The molecule has 2 heterocycles. The Morgan fingerprint density at radius 3 is 2.84 bits per heavy atom. The van der Waals surface area contributed by atoms with Gasteiger partial charge in [0, 0.05) is 12.4 Å². The number of aryl methyl sites for hydroxylation is 1. The third-order valence-corrected chi connectivity index (χ3v) is 2.41. The lowest BCUT2D eigenvalue weighted by Crippen LogP contribution is -2.33. The molecule has 0 saturated carbocycles. The van der Waals surface area contributed by atoms with Gasteiger partial charge in [0.2, 0.25) is 0 Å². The Balaban J connectivity index is 2.46. The van der Waals surface area contributed by atoms with Crippen LogP contribution in [0.15, 0.2) is 28.0 Å². The molecule has 2 aromatic heterocycles. The number of carbonyl (C=O) groups is 1. The molecule has 19 heavy (non-hydrogen) atoms. The van der Waals surface area contributed by atoms with Gasteiger partial charge in [-0.3, -0.25) is 14.3 Å². The van der Waals surface area contributed by atoms with E-state index in [9.17, 15) is 14.4 Å². The number of aromatic amines is 1. The highest BCUT2D eigenvalue weighted by atomic mass is 16.4. The van der Waals surface area contributed by atoms with Crippen LogP contribution >= 0.6 is 0 Å². The van der Waals surface area contributed by atoms with Crippen molar-refractivity contribution in [2.24, 2.45) is 0 Å². The average molecular weight is 262 g/mol. The number of aromatic nitrogens is 4. The quantitative estimate of drug-likeness (QED) is 0.761. The van der Waals surface area contributed by atoms with Crippen LogP contribution in [0.1, 0.15) is 21.9 Å². The van der Waals surface area contributed by atoms with Crippen molar-refractivity contribution in [1.29, 1.82) is 0 Å². The maximum absolute atomic E-state index is 11.6. The summed E-state index contributed by atoms with van der Waals surface area (Å²) < 4.78 is 1.08. The fourth-order valence-corrected chi connectivity index (χ4v) is 1.55. The van der Waals surface area contributed by atoms with E-state index in [-0.39, 0.29) is 6.54 Å². The zero-order valence-corrected chi connectivity index (χ0v) is 9.95. The molecular weight excluding hydrogens is 252 g/mol. The molecule has 0 saturated heterocycles. The van der Waals surface area contributed by atoms with E-state index < -0.39 is 22.8 Å². The van der Waals surface area contributed by atoms with Crippen molar-refractivity contribution in [1.82, 2.24) is 19.5 Å². The zero-order chi connectivity index (χ0) is 14.0. The standard InChI is InChI=1S/C11H10N4O4/c1-6-12-3-2-7(13-6)4-15-5-8(10(17)18)9(16)14-11(15)19/h2-3,5H,4H2,1H3,(H,17,18)(H,14,16,19). The maximum Gasteiger partial charge on any atom is 0.342 e. The Morgan fingerprint density at radius 1 is 1.47 bits per heavy atom. The van der Waals surface area contributed by atoms with Gasteiger partial charge in [-0.25, -0.2) is 19.6 Å². The first-order chi connectivity index (χ1) is 8.97. The zero-order valence-electron chi connectivity index (χ0n) is 9.95. The van der Waals surface area contributed by atoms with Gasteiger partial charge in [-0.1, -0.05) is 0 Å². The van der Waals surface area contributed by atoms with E-state index in [1.54, 1.807) is 13.0 Å². The van der Waals surface area contributed by atoms with Crippen molar-refractivity contribution in [3.63, 3.8) is 0 Å². The molecule has 0 spiro atoms. The van der Waals surface area contributed by atoms with Crippen LogP contribution in [0.25, 0.3) is 0 Å². The molecule has 98 valence electrons. The summed E-state index contributed by atoms with van der Waals surface area (Å²) in [4.78, 5) is 43.6. The number of nitrogens with one attached hydrogen (secondary N) is 1. The Morgan fingerprint density at radius 2 is 2.21 bits per heavy atom. The number of carboxylic acid groups (broad SMARTS) is 1. The van der Waals surface area contributed by atoms with Crippen LogP contribution < -0.4 is 11.2 Å². The van der Waals surface area contributed by atoms with Crippen molar-refractivity contribution >= 4 is 5.97 Å². The van der Waals surface area contributed by atoms with Gasteiger partial charge in [-0.05, 0) is 13.0 Å². The highest BCUT2D eigenvalue weighted by Crippen LogP contribution is 1.97. The SMILES string of the molecule is Cc1nccc(Cn2cc(C(=O)O)c(=O)[nH]c2=O)n1. The van der Waals surface area contributed by atoms with Crippen LogP contribution in [0.5, 0.6) is 0 Å². The third-order valence-electron chi connectivity index (χ3n) is 2.41. The van der Waals surface area contributed by atoms with Gasteiger partial charge in [0.05, 0.1) is 12.2 Å². The van der Waals surface area contributed by atoms with Gasteiger partial charge in [0.1, 0.15) is 11.4 Å². The fourth-order valence-electron chi connectivity index (χ4n) is 1.55. The smallest absolute Gasteiger partial charge is 0.342 e. The summed E-state index contributed by atoms with van der Waals surface area (Å²) >= 11 is 0. The molecule has 0 amide bonds. The number of carboxylic acids is 1. The number of rotatable bonds is 3. The number of H-pyrrole nitrogens is 1. The van der Waals surface area contributed by atoms with Crippen LogP contribution in [0.3, 0.4) is 0 Å². The molecule has 0 fully saturated rings. The van der Waals surface area contributed by atoms with Crippen LogP contribution in [-0.4, -0.2) is 30.6 Å². The predicted octanol–water partition coefficient (Wildman–Crippen LogP) is -0.618. The normalized spacial score (nSPS) is 10.4. The number of hydrogen-bond donors (Lipinski definition) is 2. The first-order valence-corrected chi connectivity index (χ1v) is 5.33. The molecule has 0 aliphatic heterocycles. The first-order valence-electron chi connectivity index (χ1n) is 5.33. The van der Waals surface area contributed by atoms with Gasteiger partial charge in [-0.15, -0.1) is 0 Å². The summed E-state index contributed by atoms with van der Waals surface area (Å²) in [6.45, 7) is 1.75. The van der Waals surface area contributed by atoms with E-state index in [0.717, 1.165) is 10.8 Å². The van der Waals surface area contributed by atoms with Crippen LogP contribution in [0.4, 0.5) is 0 Å². The molecular formula is C11H10N4O4. The minimum atomic E-state index is -1.39. The van der Waals surface area contributed by atoms with Crippen molar-refractivity contribution in [2.45, 2.75) is 13.5 Å². The highest BCUT2D eigenvalue weighted by molar-refractivity contribution is 5.86. The van der Waals surface area contributed by atoms with Gasteiger partial charge in [0.15, 0.2) is 0 Å². The first kappa shape index (κ1) is 12.7. The van der Waals surface area contributed by atoms with E-state index >= 15 is 0 Å². The number of nitrogens with zero attached hydrogens (tertiary/aromatic N) is 3. The molecule has 2 aromatic rings. The summed E-state index contributed by atoms with van der Waals surface area (Å²) in [5.41, 5.74) is -1.57. The summed E-state index contributed by atoms with van der Waals surface area (Å²) in [6, 6.07) is 1.60. The molecule has 2 rings (SSSR count). The third kappa shape index (κ3) is 2.73. The van der Waals surface area contributed by atoms with Gasteiger partial charge >= 0.3 is 11.7 Å². The molecule has 0 aliphatic rings. The van der Waals surface area contributed by atoms with Crippen molar-refractivity contribution in [2.75, 3.05) is 0 Å². The van der Waals surface area contributed by atoms with Gasteiger partial charge in [-0.2, -0.15) is 0 Å². The molecule has 0 radical (unpaired) electrons. The Kier molecular flexibility index (Phi) is 3.23. The minimum absolute atomic E-state index is 0.0548. The molecule has 0 unspecified atom stereocenters. The summed E-state index contributed by atoms with van der Waals surface area (Å²) in [6.07, 6.45) is 2.54. The van der Waals surface area contributed by atoms with Crippen LogP contribution in [-0.2, 0) is 6.54 Å². The Labute approximate surface area is 106 Å². The second kappa shape index (κ2) is 4.84. The van der Waals surface area contributed by atoms with E-state index in [2.05, 4.69) is 9.97 Å². The highest BCUT2D eigenvalue weighted by Gasteiger charge is 2.11. The Hall–Kier alpha value is -2.77. The molecule has 8 heteroatoms. The fraction of sp³-hybridized carbons (Fsp3) is 0.182. The lowest BCUT2D eigenvalue weighted by molar-refractivity contribution is 0.0693. The second-order valence-electron chi connectivity index (χ2n) is 3.83. The maximum atomic E-state index is 11.6. The molecule has 2 N–H and O–H groups in total. The van der Waals surface area contributed by atoms with Crippen LogP contribution in [0, 0.1) is 6.92 Å².